The summed E-state index contributed by atoms with van der Waals surface area (Å²) < 4.78 is 52.0. The summed E-state index contributed by atoms with van der Waals surface area (Å²) in [6, 6.07) is 12.9. The van der Waals surface area contributed by atoms with E-state index in [1.54, 1.807) is 23.5 Å². The lowest BCUT2D eigenvalue weighted by molar-refractivity contribution is -0.208. The van der Waals surface area contributed by atoms with Gasteiger partial charge in [-0.3, -0.25) is 9.59 Å². The highest BCUT2D eigenvalue weighted by Crippen LogP contribution is 2.33. The van der Waals surface area contributed by atoms with Crippen molar-refractivity contribution in [3.63, 3.8) is 0 Å². The van der Waals surface area contributed by atoms with Gasteiger partial charge in [-0.2, -0.15) is 13.2 Å². The molecule has 1 amide bonds. The Bertz CT molecular complexity index is 917. The summed E-state index contributed by atoms with van der Waals surface area (Å²) >= 11 is 0. The van der Waals surface area contributed by atoms with Crippen molar-refractivity contribution >= 4 is 23.3 Å². The first-order valence-corrected chi connectivity index (χ1v) is 9.21. The third-order valence-corrected chi connectivity index (χ3v) is 4.07. The highest BCUT2D eigenvalue weighted by Gasteiger charge is 2.63. The average molecular weight is 438 g/mol. The maximum Gasteiger partial charge on any atom is 0.441 e. The molecular formula is C21H21F3N2O5. The van der Waals surface area contributed by atoms with E-state index in [0.717, 1.165) is 0 Å². The van der Waals surface area contributed by atoms with Gasteiger partial charge in [-0.15, -0.1) is 0 Å². The van der Waals surface area contributed by atoms with E-state index >= 15 is 0 Å². The van der Waals surface area contributed by atoms with Crippen molar-refractivity contribution < 1.29 is 37.0 Å². The van der Waals surface area contributed by atoms with Gasteiger partial charge in [0.1, 0.15) is 5.75 Å². The number of Topliss-reactive ketones (excluding diaryl/α,β-unsaturated/α-hetero) is 1. The minimum absolute atomic E-state index is 0.167. The second kappa shape index (κ2) is 9.96. The maximum absolute atomic E-state index is 14.1. The molecule has 1 unspecified atom stereocenters. The molecule has 0 radical (unpaired) electrons. The highest BCUT2D eigenvalue weighted by molar-refractivity contribution is 5.95. The first-order chi connectivity index (χ1) is 14.6. The van der Waals surface area contributed by atoms with Gasteiger partial charge in [0.15, 0.2) is 12.4 Å². The molecular weight excluding hydrogens is 417 g/mol. The van der Waals surface area contributed by atoms with E-state index < -0.39 is 30.3 Å². The first kappa shape index (κ1) is 23.7. The van der Waals surface area contributed by atoms with E-state index in [1.807, 2.05) is 5.32 Å². The molecule has 0 heterocycles. The zero-order valence-corrected chi connectivity index (χ0v) is 16.8. The van der Waals surface area contributed by atoms with Crippen LogP contribution in [0.2, 0.25) is 0 Å². The molecule has 31 heavy (non-hydrogen) atoms. The number of ether oxygens (including phenoxy) is 2. The Kier molecular flexibility index (Phi) is 7.62. The van der Waals surface area contributed by atoms with Crippen LogP contribution in [0.3, 0.4) is 0 Å². The van der Waals surface area contributed by atoms with Crippen LogP contribution in [0.25, 0.3) is 0 Å². The molecule has 2 aromatic rings. The van der Waals surface area contributed by atoms with E-state index in [2.05, 4.69) is 4.74 Å². The van der Waals surface area contributed by atoms with Gasteiger partial charge in [-0.1, -0.05) is 18.2 Å². The second-order valence-corrected chi connectivity index (χ2v) is 6.38. The van der Waals surface area contributed by atoms with Crippen LogP contribution in [0.4, 0.5) is 18.9 Å². The SMILES string of the molecule is CCOC(=O)C(NC(=O)COc1ccccc1)(Nc1ccc(C(C)=O)cc1)C(F)(F)F. The number of benzene rings is 2. The smallest absolute Gasteiger partial charge is 0.441 e. The van der Waals surface area contributed by atoms with Crippen LogP contribution < -0.4 is 15.4 Å². The van der Waals surface area contributed by atoms with Gasteiger partial charge >= 0.3 is 17.8 Å². The lowest BCUT2D eigenvalue weighted by Gasteiger charge is -2.35. The number of alkyl halides is 3. The van der Waals surface area contributed by atoms with E-state index in [4.69, 9.17) is 4.74 Å². The van der Waals surface area contributed by atoms with Crippen molar-refractivity contribution in [2.45, 2.75) is 25.7 Å². The quantitative estimate of drug-likeness (QED) is 0.355. The fraction of sp³-hybridized carbons (Fsp3) is 0.286. The number of rotatable bonds is 9. The van der Waals surface area contributed by atoms with Crippen molar-refractivity contribution in [2.24, 2.45) is 0 Å². The summed E-state index contributed by atoms with van der Waals surface area (Å²) in [5.74, 6) is -2.97. The molecule has 0 fully saturated rings. The molecule has 1 atom stereocenters. The van der Waals surface area contributed by atoms with Crippen molar-refractivity contribution in [1.29, 1.82) is 0 Å². The normalized spacial score (nSPS) is 12.9. The Labute approximate surface area is 176 Å². The highest BCUT2D eigenvalue weighted by atomic mass is 19.4. The number of carbonyl (C=O) groups excluding carboxylic acids is 3. The molecule has 0 bridgehead atoms. The van der Waals surface area contributed by atoms with E-state index in [1.165, 1.54) is 50.2 Å². The van der Waals surface area contributed by atoms with Gasteiger partial charge in [0.2, 0.25) is 0 Å². The predicted molar refractivity (Wildman–Crippen MR) is 106 cm³/mol. The van der Waals surface area contributed by atoms with Crippen LogP contribution in [-0.2, 0) is 14.3 Å². The van der Waals surface area contributed by atoms with Crippen molar-refractivity contribution in [3.05, 3.63) is 60.2 Å². The van der Waals surface area contributed by atoms with Gasteiger partial charge < -0.3 is 20.1 Å². The second-order valence-electron chi connectivity index (χ2n) is 6.38. The monoisotopic (exact) mass is 438 g/mol. The van der Waals surface area contributed by atoms with Gasteiger partial charge in [0.25, 0.3) is 5.91 Å². The molecule has 0 spiro atoms. The van der Waals surface area contributed by atoms with Crippen LogP contribution in [-0.4, -0.2) is 42.7 Å². The van der Waals surface area contributed by atoms with E-state index in [0.29, 0.717) is 0 Å². The van der Waals surface area contributed by atoms with Crippen LogP contribution in [0, 0.1) is 0 Å². The topological polar surface area (TPSA) is 93.7 Å². The summed E-state index contributed by atoms with van der Waals surface area (Å²) in [6.07, 6.45) is -5.28. The molecule has 0 saturated carbocycles. The number of para-hydroxylation sites is 1. The number of hydrogen-bond donors (Lipinski definition) is 2. The fourth-order valence-electron chi connectivity index (χ4n) is 2.55. The molecule has 0 aliphatic rings. The minimum atomic E-state index is -5.28. The maximum atomic E-state index is 14.1. The number of carbonyl (C=O) groups is 3. The average Bonchev–Trinajstić information content (AvgIpc) is 2.72. The Balaban J connectivity index is 2.32. The molecule has 2 rings (SSSR count). The van der Waals surface area contributed by atoms with E-state index in [-0.39, 0.29) is 29.4 Å². The third kappa shape index (κ3) is 5.97. The van der Waals surface area contributed by atoms with Gasteiger partial charge in [0.05, 0.1) is 6.61 Å². The number of nitrogens with one attached hydrogen (secondary N) is 2. The molecule has 0 aliphatic heterocycles. The van der Waals surface area contributed by atoms with Crippen LogP contribution in [0.15, 0.2) is 54.6 Å². The lowest BCUT2D eigenvalue weighted by Crippen LogP contribution is -2.69. The molecule has 0 aromatic heterocycles. The van der Waals surface area contributed by atoms with E-state index in [9.17, 15) is 27.6 Å². The fourth-order valence-corrected chi connectivity index (χ4v) is 2.55. The molecule has 166 valence electrons. The molecule has 0 aliphatic carbocycles. The van der Waals surface area contributed by atoms with Crippen molar-refractivity contribution in [1.82, 2.24) is 5.32 Å². The first-order valence-electron chi connectivity index (χ1n) is 9.21. The minimum Gasteiger partial charge on any atom is -0.484 e. The Morgan fingerprint density at radius 2 is 1.58 bits per heavy atom. The van der Waals surface area contributed by atoms with Crippen LogP contribution >= 0.6 is 0 Å². The summed E-state index contributed by atoms with van der Waals surface area (Å²) in [5.41, 5.74) is -3.48. The number of hydrogen-bond acceptors (Lipinski definition) is 6. The Hall–Kier alpha value is -3.56. The summed E-state index contributed by atoms with van der Waals surface area (Å²) in [4.78, 5) is 36.1. The lowest BCUT2D eigenvalue weighted by atomic mass is 10.1. The van der Waals surface area contributed by atoms with Gasteiger partial charge in [-0.05, 0) is 50.2 Å². The third-order valence-electron chi connectivity index (χ3n) is 4.07. The number of halogens is 3. The zero-order valence-electron chi connectivity index (χ0n) is 16.8. The summed E-state index contributed by atoms with van der Waals surface area (Å²) in [5, 5.41) is 3.68. The molecule has 7 nitrogen and oxygen atoms in total. The Morgan fingerprint density at radius 3 is 2.10 bits per heavy atom. The summed E-state index contributed by atoms with van der Waals surface area (Å²) in [7, 11) is 0. The standard InChI is InChI=1S/C21H21F3N2O5/c1-3-30-19(29)20(21(22,23)24,25-16-11-9-15(10-12-16)14(2)27)26-18(28)13-31-17-7-5-4-6-8-17/h4-12,25H,3,13H2,1-2H3,(H,26,28). The Morgan fingerprint density at radius 1 is 0.968 bits per heavy atom. The number of ketones is 1. The summed E-state index contributed by atoms with van der Waals surface area (Å²) in [6.45, 7) is 1.51. The molecule has 10 heteroatoms. The van der Waals surface area contributed by atoms with Gasteiger partial charge in [-0.25, -0.2) is 4.79 Å². The largest absolute Gasteiger partial charge is 0.484 e. The van der Waals surface area contributed by atoms with Crippen LogP contribution in [0.1, 0.15) is 24.2 Å². The number of anilines is 1. The number of esters is 1. The van der Waals surface area contributed by atoms with Crippen LogP contribution in [0.5, 0.6) is 5.75 Å². The molecule has 2 aromatic carbocycles. The van der Waals surface area contributed by atoms with Crippen molar-refractivity contribution in [3.8, 4) is 5.75 Å². The predicted octanol–water partition coefficient (Wildman–Crippen LogP) is 3.32. The van der Waals surface area contributed by atoms with Crippen molar-refractivity contribution in [2.75, 3.05) is 18.5 Å². The number of amides is 1. The molecule has 2 N–H and O–H groups in total. The molecule has 0 saturated heterocycles. The zero-order chi connectivity index (χ0) is 23.1. The van der Waals surface area contributed by atoms with Gasteiger partial charge in [0, 0.05) is 11.3 Å².